The van der Waals surface area contributed by atoms with Gasteiger partial charge in [0.05, 0.1) is 0 Å². The molecule has 0 aliphatic rings. The van der Waals surface area contributed by atoms with E-state index in [1.54, 1.807) is 0 Å². The maximum atomic E-state index is 8.24. The molecule has 2 aromatic carbocycles. The Labute approximate surface area is 105 Å². The lowest BCUT2D eigenvalue weighted by Crippen LogP contribution is -1.73. The van der Waals surface area contributed by atoms with E-state index in [1.807, 2.05) is 12.1 Å². The zero-order chi connectivity index (χ0) is 13.6. The van der Waals surface area contributed by atoms with Crippen molar-refractivity contribution in [2.75, 3.05) is 0 Å². The lowest BCUT2D eigenvalue weighted by Gasteiger charge is -1.98. The third kappa shape index (κ3) is 6.64. The van der Waals surface area contributed by atoms with Crippen molar-refractivity contribution in [1.29, 1.82) is 0 Å². The number of benzene rings is 2. The van der Waals surface area contributed by atoms with Gasteiger partial charge in [-0.2, -0.15) is 0 Å². The normalized spacial score (nSPS) is 7.33. The average molecular weight is 238 g/mol. The molecule has 0 atom stereocenters. The quantitative estimate of drug-likeness (QED) is 0.565. The summed E-state index contributed by atoms with van der Waals surface area (Å²) >= 11 is 0. The summed E-state index contributed by atoms with van der Waals surface area (Å²) in [7, 11) is 0. The highest BCUT2D eigenvalue weighted by Gasteiger charge is 1.91. The Hall–Kier alpha value is -2.80. The number of hydrogen-bond donors (Lipinski definition) is 0. The van der Waals surface area contributed by atoms with Crippen molar-refractivity contribution in [3.8, 4) is 11.1 Å². The van der Waals surface area contributed by atoms with Gasteiger partial charge in [-0.05, 0) is 23.3 Å². The Kier molecular flexibility index (Phi) is 9.04. The second-order valence-corrected chi connectivity index (χ2v) is 2.91. The molecule has 0 saturated carbocycles. The second kappa shape index (κ2) is 10.7. The molecule has 0 saturated heterocycles. The number of carbonyl (C=O) groups excluding carboxylic acids is 2. The molecule has 0 N–H and O–H groups in total. The Bertz CT molecular complexity index is 448. The van der Waals surface area contributed by atoms with Crippen molar-refractivity contribution in [3.05, 3.63) is 71.5 Å². The van der Waals surface area contributed by atoms with E-state index in [0.717, 1.165) is 0 Å². The molecule has 0 spiro atoms. The van der Waals surface area contributed by atoms with Crippen LogP contribution in [-0.2, 0) is 9.59 Å². The topological polar surface area (TPSA) is 78.7 Å². The third-order valence-electron chi connectivity index (χ3n) is 1.88. The average Bonchev–Trinajstić information content (AvgIpc) is 2.43. The van der Waals surface area contributed by atoms with E-state index in [-0.39, 0.29) is 0 Å². The van der Waals surface area contributed by atoms with Crippen LogP contribution < -0.4 is 0 Å². The van der Waals surface area contributed by atoms with Crippen LogP contribution in [-0.4, -0.2) is 12.2 Å². The zero-order valence-corrected chi connectivity index (χ0v) is 9.48. The maximum Gasteiger partial charge on any atom is -0.0159 e. The molecule has 0 unspecified atom stereocenters. The summed E-state index contributed by atoms with van der Waals surface area (Å²) in [6.07, 6.45) is 1.00. The van der Waals surface area contributed by atoms with Gasteiger partial charge in [-0.1, -0.05) is 60.7 Å². The van der Waals surface area contributed by atoms with Crippen molar-refractivity contribution in [1.82, 2.24) is 0 Å². The van der Waals surface area contributed by atoms with Gasteiger partial charge in [0.15, 0.2) is 0 Å². The number of isocyanates is 2. The highest BCUT2D eigenvalue weighted by atomic mass is 16.1. The minimum Gasteiger partial charge on any atom is -0.724 e. The van der Waals surface area contributed by atoms with E-state index in [2.05, 4.69) is 48.5 Å². The third-order valence-corrected chi connectivity index (χ3v) is 1.88. The van der Waals surface area contributed by atoms with Gasteiger partial charge in [0.25, 0.3) is 0 Å². The van der Waals surface area contributed by atoms with Gasteiger partial charge < -0.3 is 10.8 Å². The van der Waals surface area contributed by atoms with Crippen molar-refractivity contribution >= 4 is 12.2 Å². The molecule has 0 fully saturated rings. The van der Waals surface area contributed by atoms with Crippen molar-refractivity contribution < 1.29 is 9.59 Å². The van der Waals surface area contributed by atoms with Gasteiger partial charge in [-0.3, -0.25) is 9.59 Å². The van der Waals surface area contributed by atoms with E-state index in [4.69, 9.17) is 20.4 Å². The van der Waals surface area contributed by atoms with Gasteiger partial charge in [-0.25, -0.2) is 0 Å². The summed E-state index contributed by atoms with van der Waals surface area (Å²) in [6, 6.07) is 20.8. The molecule has 90 valence electrons. The van der Waals surface area contributed by atoms with E-state index in [1.165, 1.54) is 11.1 Å². The predicted octanol–water partition coefficient (Wildman–Crippen LogP) is 3.14. The molecular formula is C14H10N2O2-2. The Morgan fingerprint density at radius 3 is 1.06 bits per heavy atom. The monoisotopic (exact) mass is 238 g/mol. The first-order valence-electron chi connectivity index (χ1n) is 4.93. The predicted molar refractivity (Wildman–Crippen MR) is 70.0 cm³/mol. The molecule has 0 radical (unpaired) electrons. The molecule has 4 nitrogen and oxygen atoms in total. The molecule has 2 rings (SSSR count). The molecule has 0 bridgehead atoms. The minimum atomic E-state index is 0.500. The molecule has 0 heterocycles. The Morgan fingerprint density at radius 2 is 0.833 bits per heavy atom. The van der Waals surface area contributed by atoms with E-state index >= 15 is 0 Å². The molecule has 0 aromatic heterocycles. The zero-order valence-electron chi connectivity index (χ0n) is 9.48. The van der Waals surface area contributed by atoms with Crippen molar-refractivity contribution in [2.45, 2.75) is 0 Å². The SMILES string of the molecule is [N-]=C=O.[N-]=C=O.c1ccc(-c2ccccc2)cc1. The molecule has 4 heteroatoms. The Morgan fingerprint density at radius 1 is 0.611 bits per heavy atom. The van der Waals surface area contributed by atoms with Gasteiger partial charge >= 0.3 is 0 Å². The highest BCUT2D eigenvalue weighted by molar-refractivity contribution is 5.62. The van der Waals surface area contributed by atoms with Crippen LogP contribution in [0.4, 0.5) is 0 Å². The van der Waals surface area contributed by atoms with Crippen LogP contribution in [0.25, 0.3) is 21.9 Å². The van der Waals surface area contributed by atoms with E-state index in [0.29, 0.717) is 12.2 Å². The van der Waals surface area contributed by atoms with Gasteiger partial charge in [0, 0.05) is 0 Å². The fraction of sp³-hybridized carbons (Fsp3) is 0. The minimum absolute atomic E-state index is 0.500. The van der Waals surface area contributed by atoms with Crippen LogP contribution in [0, 0.1) is 0 Å². The number of hydrogen-bond acceptors (Lipinski definition) is 2. The van der Waals surface area contributed by atoms with Crippen molar-refractivity contribution in [3.63, 3.8) is 0 Å². The second-order valence-electron chi connectivity index (χ2n) is 2.91. The molecule has 0 amide bonds. The molecule has 0 aliphatic heterocycles. The molecular weight excluding hydrogens is 228 g/mol. The van der Waals surface area contributed by atoms with E-state index in [9.17, 15) is 0 Å². The fourth-order valence-corrected chi connectivity index (χ4v) is 1.26. The van der Waals surface area contributed by atoms with Gasteiger partial charge in [0.1, 0.15) is 0 Å². The molecule has 0 aliphatic carbocycles. The van der Waals surface area contributed by atoms with Crippen molar-refractivity contribution in [2.24, 2.45) is 0 Å². The van der Waals surface area contributed by atoms with E-state index < -0.39 is 0 Å². The summed E-state index contributed by atoms with van der Waals surface area (Å²) in [5.74, 6) is 0. The van der Waals surface area contributed by atoms with Crippen LogP contribution in [0.1, 0.15) is 0 Å². The van der Waals surface area contributed by atoms with Gasteiger partial charge in [-0.15, -0.1) is 0 Å². The van der Waals surface area contributed by atoms with Gasteiger partial charge in [0.2, 0.25) is 0 Å². The summed E-state index contributed by atoms with van der Waals surface area (Å²) in [5.41, 5.74) is 2.55. The summed E-state index contributed by atoms with van der Waals surface area (Å²) in [4.78, 5) is 16.5. The first-order chi connectivity index (χ1) is 8.79. The standard InChI is InChI=1S/C12H10.2CNO/c1-3-7-11(8-4-1)12-9-5-2-6-10-12;2*2-1-3/h1-10H;;/q;2*-1. The lowest BCUT2D eigenvalue weighted by atomic mass is 10.1. The smallest absolute Gasteiger partial charge is 0.0159 e. The van der Waals surface area contributed by atoms with Crippen LogP contribution in [0.2, 0.25) is 0 Å². The number of rotatable bonds is 1. The first kappa shape index (κ1) is 15.2. The molecule has 2 aromatic rings. The summed E-state index contributed by atoms with van der Waals surface area (Å²) in [5, 5.41) is 13.5. The highest BCUT2D eigenvalue weighted by Crippen LogP contribution is 2.17. The van der Waals surface area contributed by atoms with Crippen LogP contribution in [0.3, 0.4) is 0 Å². The fourth-order valence-electron chi connectivity index (χ4n) is 1.26. The molecule has 18 heavy (non-hydrogen) atoms. The summed E-state index contributed by atoms with van der Waals surface area (Å²) in [6.45, 7) is 0. The first-order valence-corrected chi connectivity index (χ1v) is 4.93. The lowest BCUT2D eigenvalue weighted by molar-refractivity contribution is 0.568. The summed E-state index contributed by atoms with van der Waals surface area (Å²) < 4.78 is 0. The van der Waals surface area contributed by atoms with Crippen LogP contribution >= 0.6 is 0 Å². The van der Waals surface area contributed by atoms with Crippen LogP contribution in [0.15, 0.2) is 60.7 Å². The Balaban J connectivity index is 0.000000414. The number of nitrogens with zero attached hydrogens (tertiary/aromatic N) is 2. The largest absolute Gasteiger partial charge is 0.724 e. The van der Waals surface area contributed by atoms with Crippen LogP contribution in [0.5, 0.6) is 0 Å². The maximum absolute atomic E-state index is 8.24.